The van der Waals surface area contributed by atoms with Crippen molar-refractivity contribution in [2.24, 2.45) is 5.92 Å². The first-order chi connectivity index (χ1) is 7.47. The molecule has 7 heteroatoms. The third kappa shape index (κ3) is 2.36. The summed E-state index contributed by atoms with van der Waals surface area (Å²) < 4.78 is 0. The SMILES string of the molecule is CCCN1C(=O)NC(=O)C(CC(=O)O)C1=O. The van der Waals surface area contributed by atoms with Gasteiger partial charge in [-0.1, -0.05) is 6.92 Å². The molecule has 0 saturated carbocycles. The maximum atomic E-state index is 11.7. The Labute approximate surface area is 91.4 Å². The van der Waals surface area contributed by atoms with E-state index in [0.717, 1.165) is 4.90 Å². The van der Waals surface area contributed by atoms with Crippen molar-refractivity contribution in [2.75, 3.05) is 6.54 Å². The number of carboxylic acids is 1. The average Bonchev–Trinajstić information content (AvgIpc) is 2.19. The summed E-state index contributed by atoms with van der Waals surface area (Å²) in [4.78, 5) is 45.5. The second-order valence-electron chi connectivity index (χ2n) is 3.43. The van der Waals surface area contributed by atoms with Gasteiger partial charge in [-0.05, 0) is 6.42 Å². The van der Waals surface area contributed by atoms with Gasteiger partial charge in [0.05, 0.1) is 6.42 Å². The maximum absolute atomic E-state index is 11.7. The lowest BCUT2D eigenvalue weighted by Gasteiger charge is -2.29. The number of rotatable bonds is 4. The molecule has 1 saturated heterocycles. The summed E-state index contributed by atoms with van der Waals surface area (Å²) in [5, 5.41) is 10.5. The highest BCUT2D eigenvalue weighted by molar-refractivity contribution is 6.17. The van der Waals surface area contributed by atoms with Gasteiger partial charge in [0, 0.05) is 6.54 Å². The van der Waals surface area contributed by atoms with E-state index in [2.05, 4.69) is 0 Å². The Morgan fingerprint density at radius 3 is 2.56 bits per heavy atom. The van der Waals surface area contributed by atoms with E-state index in [4.69, 9.17) is 5.11 Å². The Balaban J connectivity index is 2.85. The number of nitrogens with zero attached hydrogens (tertiary/aromatic N) is 1. The van der Waals surface area contributed by atoms with Crippen LogP contribution in [0, 0.1) is 5.92 Å². The Kier molecular flexibility index (Phi) is 3.60. The van der Waals surface area contributed by atoms with Gasteiger partial charge in [0.15, 0.2) is 0 Å². The number of hydrogen-bond donors (Lipinski definition) is 2. The van der Waals surface area contributed by atoms with E-state index in [1.807, 2.05) is 5.32 Å². The molecule has 1 aliphatic rings. The summed E-state index contributed by atoms with van der Waals surface area (Å²) >= 11 is 0. The molecule has 0 aromatic heterocycles. The highest BCUT2D eigenvalue weighted by atomic mass is 16.4. The normalized spacial score (nSPS) is 20.9. The molecule has 0 aromatic carbocycles. The fourth-order valence-electron chi connectivity index (χ4n) is 1.45. The average molecular weight is 228 g/mol. The molecule has 1 unspecified atom stereocenters. The first kappa shape index (κ1) is 12.2. The van der Waals surface area contributed by atoms with Crippen LogP contribution in [-0.4, -0.2) is 40.4 Å². The molecule has 2 N–H and O–H groups in total. The maximum Gasteiger partial charge on any atom is 0.330 e. The largest absolute Gasteiger partial charge is 0.481 e. The van der Waals surface area contributed by atoms with Gasteiger partial charge in [0.25, 0.3) is 0 Å². The number of carboxylic acid groups (broad SMARTS) is 1. The fraction of sp³-hybridized carbons (Fsp3) is 0.556. The zero-order valence-corrected chi connectivity index (χ0v) is 8.73. The van der Waals surface area contributed by atoms with Gasteiger partial charge < -0.3 is 5.11 Å². The molecular weight excluding hydrogens is 216 g/mol. The molecule has 1 heterocycles. The minimum atomic E-state index is -1.30. The Morgan fingerprint density at radius 2 is 2.06 bits per heavy atom. The first-order valence-electron chi connectivity index (χ1n) is 4.85. The molecule has 1 aliphatic heterocycles. The van der Waals surface area contributed by atoms with Crippen LogP contribution in [-0.2, 0) is 14.4 Å². The van der Waals surface area contributed by atoms with Crippen molar-refractivity contribution in [1.29, 1.82) is 0 Å². The third-order valence-corrected chi connectivity index (χ3v) is 2.18. The van der Waals surface area contributed by atoms with Crippen molar-refractivity contribution in [3.8, 4) is 0 Å². The number of carbonyl (C=O) groups is 4. The third-order valence-electron chi connectivity index (χ3n) is 2.18. The molecule has 0 radical (unpaired) electrons. The highest BCUT2D eigenvalue weighted by Crippen LogP contribution is 2.14. The van der Waals surface area contributed by atoms with Crippen molar-refractivity contribution in [1.82, 2.24) is 10.2 Å². The van der Waals surface area contributed by atoms with Gasteiger partial charge in [-0.2, -0.15) is 0 Å². The molecule has 0 bridgehead atoms. The summed E-state index contributed by atoms with van der Waals surface area (Å²) in [6.07, 6.45) is -0.0503. The zero-order valence-electron chi connectivity index (χ0n) is 8.73. The minimum absolute atomic E-state index is 0.175. The molecule has 7 nitrogen and oxygen atoms in total. The molecule has 1 rings (SSSR count). The van der Waals surface area contributed by atoms with E-state index < -0.39 is 36.2 Å². The van der Waals surface area contributed by atoms with E-state index in [-0.39, 0.29) is 6.54 Å². The van der Waals surface area contributed by atoms with E-state index in [9.17, 15) is 19.2 Å². The number of imide groups is 2. The number of hydrogen-bond acceptors (Lipinski definition) is 4. The molecule has 0 spiro atoms. The lowest BCUT2D eigenvalue weighted by Crippen LogP contribution is -2.58. The zero-order chi connectivity index (χ0) is 12.3. The van der Waals surface area contributed by atoms with Gasteiger partial charge in [-0.25, -0.2) is 4.79 Å². The number of nitrogens with one attached hydrogen (secondary N) is 1. The predicted octanol–water partition coefficient (Wildman–Crippen LogP) is -0.434. The molecule has 0 aliphatic carbocycles. The second-order valence-corrected chi connectivity index (χ2v) is 3.43. The lowest BCUT2D eigenvalue weighted by molar-refractivity contribution is -0.149. The lowest BCUT2D eigenvalue weighted by atomic mass is 10.0. The summed E-state index contributed by atoms with van der Waals surface area (Å²) in [5.41, 5.74) is 0. The van der Waals surface area contributed by atoms with Gasteiger partial charge in [-0.15, -0.1) is 0 Å². The topological polar surface area (TPSA) is 104 Å². The van der Waals surface area contributed by atoms with Crippen molar-refractivity contribution in [2.45, 2.75) is 19.8 Å². The molecule has 1 fully saturated rings. The van der Waals surface area contributed by atoms with E-state index in [1.165, 1.54) is 0 Å². The molecular formula is C9H12N2O5. The Bertz CT molecular complexity index is 352. The second kappa shape index (κ2) is 4.73. The van der Waals surface area contributed by atoms with Crippen LogP contribution in [0.3, 0.4) is 0 Å². The number of amides is 4. The minimum Gasteiger partial charge on any atom is -0.481 e. The van der Waals surface area contributed by atoms with Crippen molar-refractivity contribution < 1.29 is 24.3 Å². The van der Waals surface area contributed by atoms with Crippen molar-refractivity contribution in [3.05, 3.63) is 0 Å². The van der Waals surface area contributed by atoms with Crippen LogP contribution >= 0.6 is 0 Å². The number of aliphatic carboxylic acids is 1. The van der Waals surface area contributed by atoms with Gasteiger partial charge in [0.1, 0.15) is 5.92 Å². The summed E-state index contributed by atoms with van der Waals surface area (Å²) in [6, 6.07) is -0.779. The first-order valence-corrected chi connectivity index (χ1v) is 4.85. The van der Waals surface area contributed by atoms with Crippen LogP contribution in [0.1, 0.15) is 19.8 Å². The predicted molar refractivity (Wildman–Crippen MR) is 51.3 cm³/mol. The van der Waals surface area contributed by atoms with Crippen molar-refractivity contribution in [3.63, 3.8) is 0 Å². The Hall–Kier alpha value is -1.92. The van der Waals surface area contributed by atoms with Gasteiger partial charge in [0.2, 0.25) is 11.8 Å². The standard InChI is InChI=1S/C9H12N2O5/c1-2-3-11-8(15)5(4-6(12)13)7(14)10-9(11)16/h5H,2-4H2,1H3,(H,12,13)(H,10,14,16). The highest BCUT2D eigenvalue weighted by Gasteiger charge is 2.40. The number of barbiturate groups is 1. The van der Waals surface area contributed by atoms with Crippen LogP contribution in [0.5, 0.6) is 0 Å². The van der Waals surface area contributed by atoms with Gasteiger partial charge >= 0.3 is 12.0 Å². The molecule has 16 heavy (non-hydrogen) atoms. The smallest absolute Gasteiger partial charge is 0.330 e. The Morgan fingerprint density at radius 1 is 1.44 bits per heavy atom. The van der Waals surface area contributed by atoms with E-state index >= 15 is 0 Å². The molecule has 4 amide bonds. The van der Waals surface area contributed by atoms with Crippen LogP contribution in [0.15, 0.2) is 0 Å². The molecule has 1 atom stereocenters. The van der Waals surface area contributed by atoms with Crippen LogP contribution < -0.4 is 5.32 Å². The monoisotopic (exact) mass is 228 g/mol. The van der Waals surface area contributed by atoms with Gasteiger partial charge in [-0.3, -0.25) is 24.6 Å². The van der Waals surface area contributed by atoms with E-state index in [0.29, 0.717) is 6.42 Å². The summed E-state index contributed by atoms with van der Waals surface area (Å²) in [5.74, 6) is -4.14. The molecule has 88 valence electrons. The van der Waals surface area contributed by atoms with Crippen LogP contribution in [0.4, 0.5) is 4.79 Å². The number of carbonyl (C=O) groups excluding carboxylic acids is 3. The number of urea groups is 1. The summed E-state index contributed by atoms with van der Waals surface area (Å²) in [6.45, 7) is 1.94. The quantitative estimate of drug-likeness (QED) is 0.635. The van der Waals surface area contributed by atoms with Crippen LogP contribution in [0.25, 0.3) is 0 Å². The fourth-order valence-corrected chi connectivity index (χ4v) is 1.45. The summed E-state index contributed by atoms with van der Waals surface area (Å²) in [7, 11) is 0. The van der Waals surface area contributed by atoms with Crippen molar-refractivity contribution >= 4 is 23.8 Å². The van der Waals surface area contributed by atoms with E-state index in [1.54, 1.807) is 6.92 Å². The van der Waals surface area contributed by atoms with Crippen LogP contribution in [0.2, 0.25) is 0 Å². The molecule has 0 aromatic rings.